The Hall–Kier alpha value is -0.100. The minimum atomic E-state index is 0.183. The van der Waals surface area contributed by atoms with Gasteiger partial charge < -0.3 is 10.1 Å². The van der Waals surface area contributed by atoms with Gasteiger partial charge in [-0.3, -0.25) is 0 Å². The van der Waals surface area contributed by atoms with E-state index in [-0.39, 0.29) is 5.60 Å². The quantitative estimate of drug-likeness (QED) is 0.921. The maximum absolute atomic E-state index is 6.23. The number of thioether (sulfide) groups is 1. The Balaban J connectivity index is 1.65. The summed E-state index contributed by atoms with van der Waals surface area (Å²) >= 11 is 3.88. The number of nitrogens with one attached hydrogen (secondary N) is 1. The lowest BCUT2D eigenvalue weighted by Gasteiger charge is -2.45. The molecule has 0 amide bonds. The first-order valence-corrected chi connectivity index (χ1v) is 10.0. The average molecular weight is 327 g/mol. The molecule has 2 aliphatic rings. The maximum Gasteiger partial charge on any atom is 0.0943 e. The van der Waals surface area contributed by atoms with E-state index in [0.29, 0.717) is 6.04 Å². The van der Waals surface area contributed by atoms with Gasteiger partial charge in [0.05, 0.1) is 10.6 Å². The third kappa shape index (κ3) is 3.81. The molecule has 2 unspecified atom stereocenters. The molecule has 2 aliphatic heterocycles. The van der Waals surface area contributed by atoms with Crippen LogP contribution in [0.5, 0.6) is 0 Å². The van der Waals surface area contributed by atoms with Crippen molar-refractivity contribution >= 4 is 23.1 Å². The lowest BCUT2D eigenvalue weighted by Crippen LogP contribution is -2.48. The first-order valence-electron chi connectivity index (χ1n) is 8.01. The largest absolute Gasteiger partial charge is 0.375 e. The van der Waals surface area contributed by atoms with Gasteiger partial charge >= 0.3 is 0 Å². The van der Waals surface area contributed by atoms with Crippen LogP contribution in [0.4, 0.5) is 0 Å². The third-order valence-corrected chi connectivity index (χ3v) is 6.91. The highest BCUT2D eigenvalue weighted by atomic mass is 32.2. The zero-order valence-electron chi connectivity index (χ0n) is 13.1. The predicted molar refractivity (Wildman–Crippen MR) is 91.4 cm³/mol. The lowest BCUT2D eigenvalue weighted by molar-refractivity contribution is -0.107. The summed E-state index contributed by atoms with van der Waals surface area (Å²) in [4.78, 5) is 4.64. The van der Waals surface area contributed by atoms with E-state index in [1.165, 1.54) is 42.2 Å². The molecule has 0 bridgehead atoms. The number of hydrogen-bond donors (Lipinski definition) is 1. The summed E-state index contributed by atoms with van der Waals surface area (Å²) in [7, 11) is 2.10. The van der Waals surface area contributed by atoms with E-state index in [9.17, 15) is 0 Å². The van der Waals surface area contributed by atoms with Crippen molar-refractivity contribution in [3.63, 3.8) is 0 Å². The zero-order valence-corrected chi connectivity index (χ0v) is 14.7. The number of thiazole rings is 1. The van der Waals surface area contributed by atoms with Crippen LogP contribution in [0, 0.1) is 12.8 Å². The molecule has 3 heterocycles. The van der Waals surface area contributed by atoms with E-state index < -0.39 is 0 Å². The zero-order chi connectivity index (χ0) is 14.7. The summed E-state index contributed by atoms with van der Waals surface area (Å²) in [5, 5.41) is 6.99. The molecule has 0 saturated carbocycles. The topological polar surface area (TPSA) is 34.2 Å². The SMILES string of the molecule is CNC(Cc1nc(C)cs1)C1CCOC2(CCSCC2)C1. The molecule has 5 heteroatoms. The number of aryl methyl sites for hydroxylation is 1. The fourth-order valence-electron chi connectivity index (χ4n) is 3.69. The Kier molecular flexibility index (Phi) is 5.25. The second-order valence-corrected chi connectivity index (χ2v) is 8.55. The van der Waals surface area contributed by atoms with E-state index in [2.05, 4.69) is 41.4 Å². The highest BCUT2D eigenvalue weighted by Gasteiger charge is 2.40. The first kappa shape index (κ1) is 15.8. The standard InChI is InChI=1S/C16H26N2OS2/c1-12-11-21-15(18-12)9-14(17-2)13-3-6-19-16(10-13)4-7-20-8-5-16/h11,13-14,17H,3-10H2,1-2H3. The molecular formula is C16H26N2OS2. The molecule has 3 rings (SSSR count). The van der Waals surface area contributed by atoms with E-state index in [1.807, 2.05) is 0 Å². The van der Waals surface area contributed by atoms with E-state index in [1.54, 1.807) is 11.3 Å². The average Bonchev–Trinajstić information content (AvgIpc) is 2.91. The fourth-order valence-corrected chi connectivity index (χ4v) is 5.76. The van der Waals surface area contributed by atoms with Crippen LogP contribution in [-0.4, -0.2) is 41.8 Å². The molecule has 0 radical (unpaired) electrons. The Bertz CT molecular complexity index is 451. The Morgan fingerprint density at radius 2 is 2.29 bits per heavy atom. The van der Waals surface area contributed by atoms with Gasteiger partial charge in [0.25, 0.3) is 0 Å². The van der Waals surface area contributed by atoms with E-state index in [0.717, 1.165) is 24.6 Å². The van der Waals surface area contributed by atoms with Gasteiger partial charge in [-0.15, -0.1) is 11.3 Å². The molecule has 0 aromatic carbocycles. The van der Waals surface area contributed by atoms with Gasteiger partial charge in [0.15, 0.2) is 0 Å². The highest BCUT2D eigenvalue weighted by Crippen LogP contribution is 2.41. The molecule has 2 fully saturated rings. The first-order chi connectivity index (χ1) is 10.2. The van der Waals surface area contributed by atoms with Crippen LogP contribution in [0.25, 0.3) is 0 Å². The van der Waals surface area contributed by atoms with Crippen molar-refractivity contribution in [1.82, 2.24) is 10.3 Å². The summed E-state index contributed by atoms with van der Waals surface area (Å²) < 4.78 is 6.23. The van der Waals surface area contributed by atoms with Crippen LogP contribution < -0.4 is 5.32 Å². The van der Waals surface area contributed by atoms with Crippen LogP contribution >= 0.6 is 23.1 Å². The smallest absolute Gasteiger partial charge is 0.0943 e. The summed E-state index contributed by atoms with van der Waals surface area (Å²) in [6.45, 7) is 3.02. The van der Waals surface area contributed by atoms with Crippen molar-refractivity contribution in [2.75, 3.05) is 25.2 Å². The van der Waals surface area contributed by atoms with Gasteiger partial charge in [-0.05, 0) is 57.1 Å². The second-order valence-electron chi connectivity index (χ2n) is 6.38. The number of ether oxygens (including phenoxy) is 1. The number of hydrogen-bond acceptors (Lipinski definition) is 5. The monoisotopic (exact) mass is 326 g/mol. The minimum Gasteiger partial charge on any atom is -0.375 e. The number of aromatic nitrogens is 1. The van der Waals surface area contributed by atoms with Gasteiger partial charge in [0.2, 0.25) is 0 Å². The van der Waals surface area contributed by atoms with Gasteiger partial charge in [0.1, 0.15) is 0 Å². The van der Waals surface area contributed by atoms with Crippen molar-refractivity contribution in [3.8, 4) is 0 Å². The van der Waals surface area contributed by atoms with Crippen molar-refractivity contribution in [1.29, 1.82) is 0 Å². The summed E-state index contributed by atoms with van der Waals surface area (Å²) in [6, 6.07) is 0.533. The number of likely N-dealkylation sites (N-methyl/N-ethyl adjacent to an activating group) is 1. The van der Waals surface area contributed by atoms with Gasteiger partial charge in [-0.2, -0.15) is 11.8 Å². The van der Waals surface area contributed by atoms with Crippen LogP contribution in [0.15, 0.2) is 5.38 Å². The van der Waals surface area contributed by atoms with Crippen LogP contribution in [0.1, 0.15) is 36.4 Å². The van der Waals surface area contributed by atoms with Crippen LogP contribution in [0.2, 0.25) is 0 Å². The highest BCUT2D eigenvalue weighted by molar-refractivity contribution is 7.99. The lowest BCUT2D eigenvalue weighted by atomic mass is 9.78. The number of rotatable bonds is 4. The molecule has 1 aromatic heterocycles. The summed E-state index contributed by atoms with van der Waals surface area (Å²) in [5.41, 5.74) is 1.33. The van der Waals surface area contributed by atoms with Crippen molar-refractivity contribution in [2.24, 2.45) is 5.92 Å². The molecule has 0 aliphatic carbocycles. The van der Waals surface area contributed by atoms with Crippen LogP contribution in [-0.2, 0) is 11.2 Å². The number of nitrogens with zero attached hydrogens (tertiary/aromatic N) is 1. The van der Waals surface area contributed by atoms with Crippen molar-refractivity contribution in [3.05, 3.63) is 16.1 Å². The minimum absolute atomic E-state index is 0.183. The van der Waals surface area contributed by atoms with Crippen molar-refractivity contribution in [2.45, 2.75) is 50.7 Å². The molecule has 2 saturated heterocycles. The Morgan fingerprint density at radius 1 is 1.48 bits per heavy atom. The molecule has 1 spiro atoms. The fraction of sp³-hybridized carbons (Fsp3) is 0.812. The second kappa shape index (κ2) is 6.99. The Labute approximate surface area is 136 Å². The molecule has 1 aromatic rings. The molecule has 2 atom stereocenters. The van der Waals surface area contributed by atoms with E-state index >= 15 is 0 Å². The molecular weight excluding hydrogens is 300 g/mol. The van der Waals surface area contributed by atoms with Crippen LogP contribution in [0.3, 0.4) is 0 Å². The third-order valence-electron chi connectivity index (χ3n) is 4.94. The molecule has 3 nitrogen and oxygen atoms in total. The molecule has 1 N–H and O–H groups in total. The normalized spacial score (nSPS) is 26.9. The summed E-state index contributed by atoms with van der Waals surface area (Å²) in [5.74, 6) is 3.25. The van der Waals surface area contributed by atoms with Crippen molar-refractivity contribution < 1.29 is 4.74 Å². The Morgan fingerprint density at radius 3 is 2.95 bits per heavy atom. The molecule has 118 valence electrons. The predicted octanol–water partition coefficient (Wildman–Crippen LogP) is 3.27. The molecule has 21 heavy (non-hydrogen) atoms. The summed E-state index contributed by atoms with van der Waals surface area (Å²) in [6.07, 6.45) is 5.95. The maximum atomic E-state index is 6.23. The van der Waals surface area contributed by atoms with Gasteiger partial charge in [-0.25, -0.2) is 4.98 Å². The van der Waals surface area contributed by atoms with Gasteiger partial charge in [-0.1, -0.05) is 0 Å². The van der Waals surface area contributed by atoms with Gasteiger partial charge in [0, 0.05) is 30.1 Å². The van der Waals surface area contributed by atoms with E-state index in [4.69, 9.17) is 4.74 Å².